The Balaban J connectivity index is -0.000000138. The molecule has 0 saturated heterocycles. The number of unbranched alkanes of at least 4 members (excludes halogenated alkanes) is 42. The molecular weight excluding hydrogens is 1360 g/mol. The Labute approximate surface area is 545 Å². The van der Waals surface area contributed by atoms with Gasteiger partial charge in [-0.25, -0.2) is 0 Å². The van der Waals surface area contributed by atoms with Crippen molar-refractivity contribution in [2.75, 3.05) is 26.4 Å². The maximum Gasteiger partial charge on any atom is 0.308 e. The molecule has 4 radical (unpaired) electrons. The van der Waals surface area contributed by atoms with Crippen molar-refractivity contribution in [3.63, 3.8) is 0 Å². The van der Waals surface area contributed by atoms with E-state index < -0.39 is 23.9 Å². The summed E-state index contributed by atoms with van der Waals surface area (Å²) in [6.07, 6.45) is 60.9. The second-order valence-electron chi connectivity index (χ2n) is 21.8. The minimum atomic E-state index is -0.777. The molecule has 0 aromatic heterocycles. The number of carboxylic acids is 4. The Hall–Kier alpha value is 0.761. The van der Waals surface area contributed by atoms with Crippen LogP contribution >= 0.6 is 0 Å². The summed E-state index contributed by atoms with van der Waals surface area (Å²) < 4.78 is 10.6. The number of carbonyl (C=O) groups is 4. The van der Waals surface area contributed by atoms with E-state index in [0.29, 0.717) is 39.3 Å². The zero-order valence-corrected chi connectivity index (χ0v) is 57.3. The van der Waals surface area contributed by atoms with Crippen molar-refractivity contribution in [3.8, 4) is 0 Å². The summed E-state index contributed by atoms with van der Waals surface area (Å²) in [5.74, 6) is -3.63. The molecule has 0 bridgehead atoms. The monoisotopic (exact) mass is 1480 g/mol. The third-order valence-electron chi connectivity index (χ3n) is 13.9. The van der Waals surface area contributed by atoms with E-state index in [0.717, 1.165) is 38.5 Å². The molecule has 0 aliphatic rings. The Morgan fingerprint density at radius 3 is 0.577 bits per heavy atom. The smallest absolute Gasteiger partial charge is 0.308 e. The van der Waals surface area contributed by atoms with Crippen LogP contribution in [0.3, 0.4) is 0 Å². The van der Waals surface area contributed by atoms with E-state index in [4.69, 9.17) is 29.9 Å². The standard InChI is InChI=1S/2C18H36O2.2C14H28O3.4Ag/c2*1-2-3-4-5-6-7-8-9-10-11-12-13-14-15-16-17-18(19)20;2*1-3-4-5-6-7-8-9-10-11-17-12-13(2)14(15)16;;;;/h2*2-17H2,1H3,(H,19,20);2*13H,3-12H2,1-2H3,(H,15,16);;;;. The van der Waals surface area contributed by atoms with E-state index in [-0.39, 0.29) is 101 Å². The average Bonchev–Trinajstić information content (AvgIpc) is 3.37. The van der Waals surface area contributed by atoms with Gasteiger partial charge in [-0.05, 0) is 39.5 Å². The molecule has 0 fully saturated rings. The van der Waals surface area contributed by atoms with Gasteiger partial charge in [0, 0.05) is 116 Å². The van der Waals surface area contributed by atoms with Crippen LogP contribution in [0.1, 0.15) is 350 Å². The molecule has 0 aliphatic heterocycles. The Kier molecular flexibility index (Phi) is 106. The van der Waals surface area contributed by atoms with E-state index in [2.05, 4.69) is 27.7 Å². The molecule has 2 unspecified atom stereocenters. The number of rotatable bonds is 56. The Bertz CT molecular complexity index is 1040. The predicted molar refractivity (Wildman–Crippen MR) is 315 cm³/mol. The van der Waals surface area contributed by atoms with Crippen molar-refractivity contribution in [1.82, 2.24) is 0 Å². The summed E-state index contributed by atoms with van der Waals surface area (Å²) in [5.41, 5.74) is 0. The maximum absolute atomic E-state index is 10.5. The molecule has 0 heterocycles. The molecule has 0 aromatic rings. The molecular formula is C64H128Ag4O10. The quantitative estimate of drug-likeness (QED) is 0.0340. The van der Waals surface area contributed by atoms with E-state index in [1.54, 1.807) is 13.8 Å². The van der Waals surface area contributed by atoms with Gasteiger partial charge in [-0.15, -0.1) is 0 Å². The van der Waals surface area contributed by atoms with Gasteiger partial charge in [0.15, 0.2) is 0 Å². The zero-order chi connectivity index (χ0) is 55.6. The van der Waals surface area contributed by atoms with Crippen LogP contribution in [0, 0.1) is 11.8 Å². The number of aliphatic carboxylic acids is 4. The molecule has 0 amide bonds. The van der Waals surface area contributed by atoms with Gasteiger partial charge in [0.1, 0.15) is 0 Å². The molecule has 78 heavy (non-hydrogen) atoms. The van der Waals surface area contributed by atoms with Crippen molar-refractivity contribution < 1.29 is 139 Å². The van der Waals surface area contributed by atoms with E-state index in [1.807, 2.05) is 0 Å². The third-order valence-corrected chi connectivity index (χ3v) is 13.9. The second-order valence-corrected chi connectivity index (χ2v) is 21.8. The summed E-state index contributed by atoms with van der Waals surface area (Å²) in [7, 11) is 0. The van der Waals surface area contributed by atoms with Crippen LogP contribution in [-0.2, 0) is 118 Å². The van der Waals surface area contributed by atoms with Gasteiger partial charge in [0.25, 0.3) is 0 Å². The SMILES string of the molecule is CCCCCCCCCCCCCCCCCC(=O)O.CCCCCCCCCCCCCCCCCC(=O)O.CCCCCCCCCCOCC(C)C(=O)O.CCCCCCCCCCOCC(C)C(=O)O.[Ag].[Ag].[Ag].[Ag]. The Morgan fingerprint density at radius 2 is 0.423 bits per heavy atom. The van der Waals surface area contributed by atoms with Crippen LogP contribution in [0.25, 0.3) is 0 Å². The summed E-state index contributed by atoms with van der Waals surface area (Å²) in [6.45, 7) is 14.4. The molecule has 4 N–H and O–H groups in total. The molecule has 0 spiro atoms. The van der Waals surface area contributed by atoms with E-state index in [1.165, 1.54) is 257 Å². The van der Waals surface area contributed by atoms with Crippen LogP contribution in [0.2, 0.25) is 0 Å². The van der Waals surface area contributed by atoms with Crippen molar-refractivity contribution in [2.24, 2.45) is 11.8 Å². The molecule has 488 valence electrons. The fourth-order valence-electron chi connectivity index (χ4n) is 8.63. The number of hydrogen-bond acceptors (Lipinski definition) is 6. The maximum atomic E-state index is 10.5. The first-order valence-electron chi connectivity index (χ1n) is 31.9. The normalized spacial score (nSPS) is 11.1. The van der Waals surface area contributed by atoms with Gasteiger partial charge in [-0.2, -0.15) is 0 Å². The molecule has 0 saturated carbocycles. The van der Waals surface area contributed by atoms with Gasteiger partial charge in [-0.3, -0.25) is 19.2 Å². The minimum absolute atomic E-state index is 0. The van der Waals surface area contributed by atoms with Crippen LogP contribution in [0.15, 0.2) is 0 Å². The van der Waals surface area contributed by atoms with Crippen LogP contribution in [0.4, 0.5) is 0 Å². The first-order valence-corrected chi connectivity index (χ1v) is 31.9. The topological polar surface area (TPSA) is 168 Å². The second kappa shape index (κ2) is 86.5. The molecule has 0 aliphatic carbocycles. The third kappa shape index (κ3) is 98.9. The van der Waals surface area contributed by atoms with Gasteiger partial charge < -0.3 is 29.9 Å². The van der Waals surface area contributed by atoms with Gasteiger partial charge in [0.2, 0.25) is 0 Å². The number of hydrogen-bond donors (Lipinski definition) is 4. The van der Waals surface area contributed by atoms with Crippen molar-refractivity contribution >= 4 is 23.9 Å². The summed E-state index contributed by atoms with van der Waals surface area (Å²) >= 11 is 0. The molecule has 0 aromatic carbocycles. The van der Waals surface area contributed by atoms with Gasteiger partial charge in [-0.1, -0.05) is 297 Å². The van der Waals surface area contributed by atoms with Crippen molar-refractivity contribution in [2.45, 2.75) is 350 Å². The summed E-state index contributed by atoms with van der Waals surface area (Å²) in [4.78, 5) is 41.7. The minimum Gasteiger partial charge on any atom is -0.481 e. The average molecular weight is 1490 g/mol. The van der Waals surface area contributed by atoms with Crippen LogP contribution in [-0.4, -0.2) is 70.7 Å². The fraction of sp³-hybridized carbons (Fsp3) is 0.938. The molecule has 14 heteroatoms. The summed E-state index contributed by atoms with van der Waals surface area (Å²) in [5, 5.41) is 34.3. The van der Waals surface area contributed by atoms with Crippen LogP contribution < -0.4 is 0 Å². The first kappa shape index (κ1) is 95.1. The van der Waals surface area contributed by atoms with E-state index >= 15 is 0 Å². The summed E-state index contributed by atoms with van der Waals surface area (Å²) in [6, 6.07) is 0. The fourth-order valence-corrected chi connectivity index (χ4v) is 8.63. The first-order chi connectivity index (χ1) is 35.9. The Morgan fingerprint density at radius 1 is 0.269 bits per heavy atom. The van der Waals surface area contributed by atoms with Crippen molar-refractivity contribution in [3.05, 3.63) is 0 Å². The zero-order valence-electron chi connectivity index (χ0n) is 51.4. The molecule has 2 atom stereocenters. The van der Waals surface area contributed by atoms with Gasteiger partial charge in [0.05, 0.1) is 25.0 Å². The molecule has 10 nitrogen and oxygen atoms in total. The number of ether oxygens (including phenoxy) is 2. The largest absolute Gasteiger partial charge is 0.481 e. The van der Waals surface area contributed by atoms with Crippen molar-refractivity contribution in [1.29, 1.82) is 0 Å². The predicted octanol–water partition coefficient (Wildman–Crippen LogP) is 20.4. The van der Waals surface area contributed by atoms with E-state index in [9.17, 15) is 19.2 Å². The van der Waals surface area contributed by atoms with Gasteiger partial charge >= 0.3 is 23.9 Å². The molecule has 0 rings (SSSR count). The number of carboxylic acid groups (broad SMARTS) is 4. The van der Waals surface area contributed by atoms with Crippen LogP contribution in [0.5, 0.6) is 0 Å².